The fraction of sp³-hybridized carbons (Fsp3) is 0.520. The number of aliphatic hydroxyl groups is 6. The molecule has 1 rings (SSSR count). The van der Waals surface area contributed by atoms with Crippen molar-refractivity contribution in [1.29, 1.82) is 0 Å². The molecule has 3 radical (unpaired) electrons. The van der Waals surface area contributed by atoms with Crippen LogP contribution in [0, 0.1) is 0 Å². The molecule has 28 nitrogen and oxygen atoms in total. The largest absolute Gasteiger partial charge is 2.00 e. The average Bonchev–Trinajstić information content (AvgIpc) is 3.44. The van der Waals surface area contributed by atoms with Gasteiger partial charge in [-0.3, -0.25) is 25.1 Å². The quantitative estimate of drug-likeness (QED) is 0.0338. The summed E-state index contributed by atoms with van der Waals surface area (Å²) in [5.74, 6) is -16.1. The Morgan fingerprint density at radius 3 is 1.11 bits per heavy atom. The minimum atomic E-state index is -3.44. The summed E-state index contributed by atoms with van der Waals surface area (Å²) in [5.41, 5.74) is -11.8. The van der Waals surface area contributed by atoms with Crippen molar-refractivity contribution < 1.29 is 395 Å². The SMILES string of the molecule is O=[C-]CC(O)(C(=O)O)C(O)C(=O)[O-].O=[C-]CC(O)(C(=O)O)C(O)C(=O)[O-].O=[C-]CC([O-])(C(=O)[O-])C(O)C(=O)[O-].O=[C-]CC1(C(O)C(=O)[O-])OCOC1=O.[Ca+2].[Ca+2].[K+].[K+].[K+].[K+].[Mn+2].[Mn].[Mn]. The van der Waals surface area contributed by atoms with E-state index < -0.39 is 127 Å². The monoisotopic (exact) mass is 1170 g/mol. The van der Waals surface area contributed by atoms with Gasteiger partial charge in [-0.2, -0.15) is 6.42 Å². The summed E-state index contributed by atoms with van der Waals surface area (Å²) in [5, 5.41) is 131. The summed E-state index contributed by atoms with van der Waals surface area (Å²) in [4.78, 5) is 121. The molecule has 0 aromatic rings. The number of carboxylic acids is 7. The maximum absolute atomic E-state index is 11.1. The summed E-state index contributed by atoms with van der Waals surface area (Å²) in [6.45, 7) is -0.509. The maximum atomic E-state index is 11.1. The molecule has 1 aliphatic rings. The summed E-state index contributed by atoms with van der Waals surface area (Å²) in [7, 11) is 0. The number of rotatable bonds is 19. The number of carbonyl (C=O) groups excluding carboxylic acids is 10. The van der Waals surface area contributed by atoms with Crippen molar-refractivity contribution in [3.63, 3.8) is 0 Å². The molecule has 0 bridgehead atoms. The molecule has 1 heterocycles. The van der Waals surface area contributed by atoms with Gasteiger partial charge in [0.2, 0.25) is 0 Å². The zero-order chi connectivity index (χ0) is 42.7. The standard InChI is InChI=1S/C7H7O7.2C6H7O7.C6H6O7.2Ca.4K.3Mn/c8-2-1-7(4(9)5(10)11)6(12)13-3-14-7;3*7-2-1-6(13,5(11)12)3(8)4(9)10;;;;;;;;;/h4,9H,1,3H2,(H,10,11);2*3,8,13H,1H2,(H,9,10)(H,11,12);3,8H,1H2,(H,9,10)(H,11,12);;;;;;;;;/q3*-1;-2;2*+2;4*+1;;;+2/p-5. The van der Waals surface area contributed by atoms with Crippen LogP contribution in [0.4, 0.5) is 0 Å². The van der Waals surface area contributed by atoms with Gasteiger partial charge in [0.25, 0.3) is 0 Å². The molecule has 1 fully saturated rings. The molecule has 37 heteroatoms. The number of aliphatic carboxylic acids is 7. The van der Waals surface area contributed by atoms with Gasteiger partial charge in [-0.25, -0.2) is 14.4 Å². The zero-order valence-corrected chi connectivity index (χ0v) is 52.6. The van der Waals surface area contributed by atoms with Crippen LogP contribution in [0.2, 0.25) is 0 Å². The number of carboxylic acid groups (broad SMARTS) is 7. The molecular weight excluding hydrogens is 1150 g/mol. The number of esters is 1. The van der Waals surface area contributed by atoms with Gasteiger partial charge in [0.05, 0.1) is 30.0 Å². The summed E-state index contributed by atoms with van der Waals surface area (Å²) >= 11 is 0. The molecule has 319 valence electrons. The third kappa shape index (κ3) is 31.3. The van der Waals surface area contributed by atoms with Crippen LogP contribution in [0.1, 0.15) is 25.7 Å². The second kappa shape index (κ2) is 48.0. The minimum Gasteiger partial charge on any atom is -0.845 e. The van der Waals surface area contributed by atoms with Crippen molar-refractivity contribution in [2.75, 3.05) is 6.79 Å². The molecule has 1 saturated heterocycles. The van der Waals surface area contributed by atoms with Gasteiger partial charge >= 0.3 is 316 Å². The van der Waals surface area contributed by atoms with Crippen molar-refractivity contribution in [3.05, 3.63) is 0 Å². The van der Waals surface area contributed by atoms with E-state index in [9.17, 15) is 88.2 Å². The number of cyclic esters (lactones) is 1. The van der Waals surface area contributed by atoms with Gasteiger partial charge in [-0.1, -0.05) is 5.60 Å². The molecule has 8 unspecified atom stereocenters. The maximum Gasteiger partial charge on any atom is 2.00 e. The van der Waals surface area contributed by atoms with Gasteiger partial charge in [-0.05, 0) is 0 Å². The predicted molar refractivity (Wildman–Crippen MR) is 144 cm³/mol. The van der Waals surface area contributed by atoms with Crippen molar-refractivity contribution in [2.24, 2.45) is 0 Å². The molecule has 0 saturated carbocycles. The third-order valence-electron chi connectivity index (χ3n) is 5.97. The topological polar surface area (TPSA) is 524 Å². The first-order valence-corrected chi connectivity index (χ1v) is 12.7. The van der Waals surface area contributed by atoms with E-state index in [1.807, 2.05) is 0 Å². The van der Waals surface area contributed by atoms with Crippen molar-refractivity contribution in [2.45, 2.75) is 72.5 Å². The zero-order valence-electron chi connectivity index (χ0n) is 32.1. The second-order valence-corrected chi connectivity index (χ2v) is 9.39. The van der Waals surface area contributed by atoms with Gasteiger partial charge in [0.1, 0.15) is 18.3 Å². The molecule has 0 aliphatic carbocycles. The first kappa shape index (κ1) is 96.3. The Balaban J connectivity index is -0.0000000513. The Hall–Kier alpha value is 4.74. The van der Waals surface area contributed by atoms with Crippen LogP contribution >= 0.6 is 0 Å². The second-order valence-electron chi connectivity index (χ2n) is 9.39. The van der Waals surface area contributed by atoms with E-state index in [2.05, 4.69) is 9.47 Å². The van der Waals surface area contributed by atoms with Crippen LogP contribution in [0.25, 0.3) is 0 Å². The van der Waals surface area contributed by atoms with E-state index in [1.165, 1.54) is 6.29 Å². The molecule has 0 spiro atoms. The number of hydrogen-bond acceptors (Lipinski definition) is 26. The normalized spacial score (nSPS) is 17.1. The molecule has 0 aromatic heterocycles. The predicted octanol–water partition coefficient (Wildman–Crippen LogP) is -28.6. The Kier molecular flexibility index (Phi) is 74.6. The Morgan fingerprint density at radius 1 is 0.629 bits per heavy atom. The third-order valence-corrected chi connectivity index (χ3v) is 5.97. The molecule has 8 N–H and O–H groups in total. The van der Waals surface area contributed by atoms with Crippen LogP contribution in [0.5, 0.6) is 0 Å². The molecule has 1 aliphatic heterocycles. The Bertz CT molecular complexity index is 1320. The fourth-order valence-corrected chi connectivity index (χ4v) is 2.84. The molecule has 0 amide bonds. The van der Waals surface area contributed by atoms with Crippen molar-refractivity contribution in [1.82, 2.24) is 0 Å². The number of carbonyl (C=O) groups is 8. The van der Waals surface area contributed by atoms with Crippen LogP contribution < -0.4 is 236 Å². The Labute approximate surface area is 609 Å². The van der Waals surface area contributed by atoms with Crippen LogP contribution in [-0.2, 0) is 118 Å². The van der Waals surface area contributed by atoms with E-state index in [4.69, 9.17) is 40.9 Å². The van der Waals surface area contributed by atoms with E-state index in [0.29, 0.717) is 0 Å². The first-order chi connectivity index (χ1) is 24.1. The smallest absolute Gasteiger partial charge is 0.845 e. The number of hydrogen-bond donors (Lipinski definition) is 8. The summed E-state index contributed by atoms with van der Waals surface area (Å²) in [6, 6.07) is 0. The van der Waals surface area contributed by atoms with E-state index in [-0.39, 0.29) is 332 Å². The molecule has 62 heavy (non-hydrogen) atoms. The van der Waals surface area contributed by atoms with E-state index in [0.717, 1.165) is 18.9 Å². The average molecular weight is 1170 g/mol. The van der Waals surface area contributed by atoms with Crippen LogP contribution in [-0.4, -0.2) is 243 Å². The summed E-state index contributed by atoms with van der Waals surface area (Å²) in [6.07, 6.45) is -10.6. The number of ether oxygens (including phenoxy) is 2. The minimum absolute atomic E-state index is 0. The van der Waals surface area contributed by atoms with Crippen LogP contribution in [0.15, 0.2) is 0 Å². The first-order valence-electron chi connectivity index (χ1n) is 12.7. The van der Waals surface area contributed by atoms with Crippen molar-refractivity contribution in [3.8, 4) is 0 Å². The number of aliphatic hydroxyl groups excluding tert-OH is 4. The Morgan fingerprint density at radius 2 is 0.935 bits per heavy atom. The molecule has 8 atom stereocenters. The van der Waals surface area contributed by atoms with E-state index in [1.54, 1.807) is 0 Å². The van der Waals surface area contributed by atoms with E-state index >= 15 is 0 Å². The molecule has 0 aromatic carbocycles. The molecular formula is C25H22Ca2K4Mn3O28. The van der Waals surface area contributed by atoms with Gasteiger partial charge < -0.3 is 124 Å². The van der Waals surface area contributed by atoms with Crippen molar-refractivity contribution >= 4 is 148 Å². The van der Waals surface area contributed by atoms with Crippen LogP contribution in [0.3, 0.4) is 0 Å². The van der Waals surface area contributed by atoms with Gasteiger partial charge in [0.15, 0.2) is 23.6 Å². The van der Waals surface area contributed by atoms with Gasteiger partial charge in [0, 0.05) is 40.1 Å². The fourth-order valence-electron chi connectivity index (χ4n) is 2.84. The van der Waals surface area contributed by atoms with Gasteiger partial charge in [-0.15, -0.1) is 19.3 Å². The summed E-state index contributed by atoms with van der Waals surface area (Å²) < 4.78 is 8.91.